The lowest BCUT2D eigenvalue weighted by atomic mass is 10.0. The maximum atomic E-state index is 13.1. The maximum absolute atomic E-state index is 13.1. The van der Waals surface area contributed by atoms with Crippen molar-refractivity contribution in [2.75, 3.05) is 6.54 Å². The molecule has 0 aliphatic carbocycles. The van der Waals surface area contributed by atoms with Crippen molar-refractivity contribution in [3.8, 4) is 11.4 Å². The van der Waals surface area contributed by atoms with Crippen LogP contribution in [0.1, 0.15) is 32.0 Å². The van der Waals surface area contributed by atoms with Crippen LogP contribution in [0.25, 0.3) is 11.4 Å². The van der Waals surface area contributed by atoms with E-state index in [0.29, 0.717) is 30.0 Å². The minimum Gasteiger partial charge on any atom is -0.465 e. The molecule has 0 atom stereocenters. The van der Waals surface area contributed by atoms with Gasteiger partial charge in [-0.15, -0.1) is 0 Å². The van der Waals surface area contributed by atoms with Gasteiger partial charge in [0.2, 0.25) is 0 Å². The predicted octanol–water partition coefficient (Wildman–Crippen LogP) is 2.10. The zero-order chi connectivity index (χ0) is 17.5. The van der Waals surface area contributed by atoms with Crippen molar-refractivity contribution in [3.63, 3.8) is 0 Å². The number of fused-ring (bicyclic) bond motifs is 1. The third-order valence-electron chi connectivity index (χ3n) is 4.09. The second-order valence-electron chi connectivity index (χ2n) is 6.87. The zero-order valence-electron chi connectivity index (χ0n) is 14.0. The molecule has 0 bridgehead atoms. The van der Waals surface area contributed by atoms with Crippen LogP contribution in [0.2, 0.25) is 0 Å². The largest absolute Gasteiger partial charge is 0.465 e. The van der Waals surface area contributed by atoms with Gasteiger partial charge in [0, 0.05) is 36.5 Å². The summed E-state index contributed by atoms with van der Waals surface area (Å²) in [7, 11) is 0. The highest BCUT2D eigenvalue weighted by Gasteiger charge is 2.29. The second kappa shape index (κ2) is 5.74. The molecule has 2 aromatic rings. The summed E-state index contributed by atoms with van der Waals surface area (Å²) in [5, 5.41) is 9.20. The molecule has 24 heavy (non-hydrogen) atoms. The Labute approximate surface area is 139 Å². The number of amides is 1. The molecule has 0 saturated carbocycles. The van der Waals surface area contributed by atoms with E-state index in [4.69, 9.17) is 4.98 Å². The fourth-order valence-electron chi connectivity index (χ4n) is 2.95. The molecule has 0 fully saturated rings. The fourth-order valence-corrected chi connectivity index (χ4v) is 2.95. The summed E-state index contributed by atoms with van der Waals surface area (Å²) < 4.78 is 1.63. The van der Waals surface area contributed by atoms with E-state index in [-0.39, 0.29) is 12.1 Å². The molecule has 1 N–H and O–H groups in total. The van der Waals surface area contributed by atoms with Crippen LogP contribution in [0.4, 0.5) is 4.79 Å². The molecular formula is C17H20N4O3. The number of hydrogen-bond donors (Lipinski definition) is 1. The van der Waals surface area contributed by atoms with Gasteiger partial charge in [-0.25, -0.2) is 9.78 Å². The van der Waals surface area contributed by atoms with Crippen LogP contribution in [0.5, 0.6) is 0 Å². The van der Waals surface area contributed by atoms with Gasteiger partial charge in [0.1, 0.15) is 5.82 Å². The summed E-state index contributed by atoms with van der Waals surface area (Å²) in [5.41, 5.74) is 1.24. The molecule has 1 aliphatic heterocycles. The van der Waals surface area contributed by atoms with Gasteiger partial charge in [-0.2, -0.15) is 0 Å². The van der Waals surface area contributed by atoms with Crippen LogP contribution in [0, 0.1) is 0 Å². The number of hydrogen-bond acceptors (Lipinski definition) is 4. The Bertz CT molecular complexity index is 837. The number of aromatic nitrogens is 3. The van der Waals surface area contributed by atoms with E-state index in [9.17, 15) is 14.7 Å². The molecule has 7 nitrogen and oxygen atoms in total. The van der Waals surface area contributed by atoms with Crippen LogP contribution in [0.3, 0.4) is 0 Å². The second-order valence-corrected chi connectivity index (χ2v) is 6.87. The normalized spacial score (nSPS) is 14.4. The predicted molar refractivity (Wildman–Crippen MR) is 88.9 cm³/mol. The van der Waals surface area contributed by atoms with E-state index in [1.807, 2.05) is 26.8 Å². The summed E-state index contributed by atoms with van der Waals surface area (Å²) in [6, 6.07) is 3.68. The molecule has 3 heterocycles. The lowest BCUT2D eigenvalue weighted by Crippen LogP contribution is -2.44. The summed E-state index contributed by atoms with van der Waals surface area (Å²) >= 11 is 0. The average molecular weight is 328 g/mol. The Morgan fingerprint density at radius 2 is 2.08 bits per heavy atom. The Morgan fingerprint density at radius 1 is 1.33 bits per heavy atom. The van der Waals surface area contributed by atoms with Crippen LogP contribution < -0.4 is 5.56 Å². The summed E-state index contributed by atoms with van der Waals surface area (Å²) in [6.07, 6.45) is 2.78. The van der Waals surface area contributed by atoms with Gasteiger partial charge < -0.3 is 10.0 Å². The van der Waals surface area contributed by atoms with Gasteiger partial charge in [0.05, 0.1) is 17.8 Å². The van der Waals surface area contributed by atoms with Crippen molar-refractivity contribution >= 4 is 6.09 Å². The van der Waals surface area contributed by atoms with Gasteiger partial charge >= 0.3 is 6.09 Å². The minimum atomic E-state index is -1.02. The molecule has 0 spiro atoms. The smallest absolute Gasteiger partial charge is 0.407 e. The molecule has 1 amide bonds. The fraction of sp³-hybridized carbons (Fsp3) is 0.412. The minimum absolute atomic E-state index is 0.0832. The third-order valence-corrected chi connectivity index (χ3v) is 4.09. The molecule has 126 valence electrons. The van der Waals surface area contributed by atoms with Gasteiger partial charge in [0.25, 0.3) is 5.56 Å². The van der Waals surface area contributed by atoms with Crippen LogP contribution >= 0.6 is 0 Å². The van der Waals surface area contributed by atoms with Crippen molar-refractivity contribution in [2.45, 2.75) is 39.3 Å². The van der Waals surface area contributed by atoms with Gasteiger partial charge in [-0.05, 0) is 32.9 Å². The maximum Gasteiger partial charge on any atom is 0.407 e. The Hall–Kier alpha value is -2.70. The molecule has 0 radical (unpaired) electrons. The number of nitrogens with zero attached hydrogens (tertiary/aromatic N) is 4. The molecule has 0 unspecified atom stereocenters. The summed E-state index contributed by atoms with van der Waals surface area (Å²) in [6.45, 7) is 6.22. The van der Waals surface area contributed by atoms with Crippen molar-refractivity contribution in [2.24, 2.45) is 0 Å². The third kappa shape index (κ3) is 2.77. The highest BCUT2D eigenvalue weighted by atomic mass is 16.4. The SMILES string of the molecule is CC(C)(C)n1c(-c2cccnc2)nc2c(c1=O)CN(C(=O)O)CC2. The molecular weight excluding hydrogens is 308 g/mol. The number of pyridine rings is 1. The number of carboxylic acid groups (broad SMARTS) is 1. The first-order valence-electron chi connectivity index (χ1n) is 7.82. The summed E-state index contributed by atoms with van der Waals surface area (Å²) in [5.74, 6) is 0.572. The number of carbonyl (C=O) groups is 1. The molecule has 3 rings (SSSR count). The molecule has 0 aromatic carbocycles. The highest BCUT2D eigenvalue weighted by molar-refractivity contribution is 5.65. The summed E-state index contributed by atoms with van der Waals surface area (Å²) in [4.78, 5) is 34.4. The average Bonchev–Trinajstić information content (AvgIpc) is 2.53. The van der Waals surface area contributed by atoms with Crippen molar-refractivity contribution in [3.05, 3.63) is 46.1 Å². The Morgan fingerprint density at radius 3 is 2.67 bits per heavy atom. The van der Waals surface area contributed by atoms with E-state index in [1.165, 1.54) is 4.90 Å². The van der Waals surface area contributed by atoms with Crippen LogP contribution in [-0.4, -0.2) is 37.2 Å². The lowest BCUT2D eigenvalue weighted by molar-refractivity contribution is 0.139. The van der Waals surface area contributed by atoms with E-state index >= 15 is 0 Å². The van der Waals surface area contributed by atoms with Crippen molar-refractivity contribution < 1.29 is 9.90 Å². The monoisotopic (exact) mass is 328 g/mol. The van der Waals surface area contributed by atoms with Crippen LogP contribution in [0.15, 0.2) is 29.3 Å². The first kappa shape index (κ1) is 16.2. The van der Waals surface area contributed by atoms with Crippen LogP contribution in [-0.2, 0) is 18.5 Å². The number of rotatable bonds is 1. The standard InChI is InChI=1S/C17H20N4O3/c1-17(2,3)21-14(11-5-4-7-18-9-11)19-13-6-8-20(16(23)24)10-12(13)15(21)22/h4-5,7,9H,6,8,10H2,1-3H3,(H,23,24). The first-order valence-corrected chi connectivity index (χ1v) is 7.82. The Kier molecular flexibility index (Phi) is 3.87. The quantitative estimate of drug-likeness (QED) is 0.866. The van der Waals surface area contributed by atoms with Crippen molar-refractivity contribution in [1.82, 2.24) is 19.4 Å². The molecule has 1 aliphatic rings. The van der Waals surface area contributed by atoms with Gasteiger partial charge in [-0.1, -0.05) is 0 Å². The van der Waals surface area contributed by atoms with E-state index in [0.717, 1.165) is 5.56 Å². The zero-order valence-corrected chi connectivity index (χ0v) is 14.0. The van der Waals surface area contributed by atoms with E-state index < -0.39 is 11.6 Å². The molecule has 7 heteroatoms. The van der Waals surface area contributed by atoms with E-state index in [1.54, 1.807) is 23.0 Å². The molecule has 0 saturated heterocycles. The van der Waals surface area contributed by atoms with Gasteiger partial charge in [0.15, 0.2) is 0 Å². The Balaban J connectivity index is 2.24. The lowest BCUT2D eigenvalue weighted by Gasteiger charge is -2.31. The van der Waals surface area contributed by atoms with Crippen molar-refractivity contribution in [1.29, 1.82) is 0 Å². The molecule has 2 aromatic heterocycles. The van der Waals surface area contributed by atoms with E-state index in [2.05, 4.69) is 4.98 Å². The van der Waals surface area contributed by atoms with Gasteiger partial charge in [-0.3, -0.25) is 14.3 Å². The topological polar surface area (TPSA) is 88.3 Å². The highest BCUT2D eigenvalue weighted by Crippen LogP contribution is 2.25. The first-order chi connectivity index (χ1) is 11.3.